The van der Waals surface area contributed by atoms with Gasteiger partial charge in [0.1, 0.15) is 11.5 Å². The predicted molar refractivity (Wildman–Crippen MR) is 89.3 cm³/mol. The van der Waals surface area contributed by atoms with Crippen LogP contribution < -0.4 is 10.6 Å². The molecule has 0 radical (unpaired) electrons. The van der Waals surface area contributed by atoms with Gasteiger partial charge in [0, 0.05) is 36.8 Å². The molecule has 3 rings (SSSR count). The van der Waals surface area contributed by atoms with Gasteiger partial charge >= 0.3 is 0 Å². The van der Waals surface area contributed by atoms with Crippen LogP contribution in [0.1, 0.15) is 24.3 Å². The van der Waals surface area contributed by atoms with Crippen molar-refractivity contribution in [1.29, 1.82) is 0 Å². The average Bonchev–Trinajstić information content (AvgIpc) is 2.98. The minimum absolute atomic E-state index is 0.608. The van der Waals surface area contributed by atoms with Gasteiger partial charge in [0.05, 0.1) is 0 Å². The lowest BCUT2D eigenvalue weighted by Gasteiger charge is -2.05. The number of allylic oxidation sites excluding steroid dienone is 1. The van der Waals surface area contributed by atoms with E-state index in [4.69, 9.17) is 4.42 Å². The first-order valence-electron chi connectivity index (χ1n) is 7.35. The maximum Gasteiger partial charge on any atom is 0.295 e. The van der Waals surface area contributed by atoms with E-state index in [-0.39, 0.29) is 0 Å². The van der Waals surface area contributed by atoms with Crippen LogP contribution in [0.2, 0.25) is 0 Å². The van der Waals surface area contributed by atoms with Gasteiger partial charge in [-0.05, 0) is 25.2 Å². The lowest BCUT2D eigenvalue weighted by molar-refractivity contribution is 0.514. The third kappa shape index (κ3) is 3.79. The molecule has 0 saturated carbocycles. The summed E-state index contributed by atoms with van der Waals surface area (Å²) in [6, 6.07) is 0.608. The Bertz CT molecular complexity index is 638. The molecule has 0 atom stereocenters. The Morgan fingerprint density at radius 2 is 2.05 bits per heavy atom. The second kappa shape index (κ2) is 7.31. The van der Waals surface area contributed by atoms with Gasteiger partial charge in [-0.15, -0.1) is 11.8 Å². The van der Waals surface area contributed by atoms with Crippen LogP contribution in [0.4, 0.5) is 12.0 Å². The second-order valence-corrected chi connectivity index (χ2v) is 5.80. The molecular weight excluding hydrogens is 298 g/mol. The number of fused-ring (bicyclic) bond motifs is 1. The SMILES string of the molecule is CSc1cnc(NCCCNc2nc3c(o2)CCC=C3)nc1. The second-order valence-electron chi connectivity index (χ2n) is 4.92. The summed E-state index contributed by atoms with van der Waals surface area (Å²) in [5.41, 5.74) is 0.953. The standard InChI is InChI=1S/C15H19N5OS/c1-22-11-9-18-14(19-10-11)16-7-4-8-17-15-20-12-5-2-3-6-13(12)21-15/h2,5,9-10H,3-4,6-8H2,1H3,(H,17,20)(H,16,18,19). The van der Waals surface area contributed by atoms with Gasteiger partial charge in [-0.1, -0.05) is 6.08 Å². The van der Waals surface area contributed by atoms with Gasteiger partial charge in [0.15, 0.2) is 0 Å². The molecule has 0 fully saturated rings. The van der Waals surface area contributed by atoms with Gasteiger partial charge in [-0.2, -0.15) is 4.98 Å². The molecule has 0 amide bonds. The molecule has 2 aromatic rings. The van der Waals surface area contributed by atoms with Crippen LogP contribution in [0.15, 0.2) is 27.8 Å². The number of hydrogen-bond donors (Lipinski definition) is 2. The number of aryl methyl sites for hydroxylation is 1. The highest BCUT2D eigenvalue weighted by atomic mass is 32.2. The largest absolute Gasteiger partial charge is 0.428 e. The van der Waals surface area contributed by atoms with Crippen LogP contribution in [0.3, 0.4) is 0 Å². The number of thioether (sulfide) groups is 1. The fraction of sp³-hybridized carbons (Fsp3) is 0.400. The molecule has 116 valence electrons. The molecule has 1 aliphatic carbocycles. The molecular formula is C15H19N5OS. The summed E-state index contributed by atoms with van der Waals surface area (Å²) in [5.74, 6) is 1.64. The Labute approximate surface area is 133 Å². The maximum atomic E-state index is 5.68. The van der Waals surface area contributed by atoms with Gasteiger partial charge in [-0.3, -0.25) is 0 Å². The topological polar surface area (TPSA) is 75.9 Å². The van der Waals surface area contributed by atoms with Crippen molar-refractivity contribution in [3.63, 3.8) is 0 Å². The van der Waals surface area contributed by atoms with Gasteiger partial charge < -0.3 is 15.1 Å². The van der Waals surface area contributed by atoms with E-state index in [9.17, 15) is 0 Å². The van der Waals surface area contributed by atoms with Crippen LogP contribution >= 0.6 is 11.8 Å². The van der Waals surface area contributed by atoms with E-state index < -0.39 is 0 Å². The molecule has 0 aromatic carbocycles. The highest BCUT2D eigenvalue weighted by molar-refractivity contribution is 7.98. The third-order valence-corrected chi connectivity index (χ3v) is 4.00. The Hall–Kier alpha value is -2.02. The fourth-order valence-electron chi connectivity index (χ4n) is 2.15. The zero-order valence-corrected chi connectivity index (χ0v) is 13.3. The van der Waals surface area contributed by atoms with Crippen LogP contribution in [0.25, 0.3) is 6.08 Å². The van der Waals surface area contributed by atoms with E-state index in [2.05, 4.69) is 31.7 Å². The van der Waals surface area contributed by atoms with Crippen LogP contribution in [0.5, 0.6) is 0 Å². The van der Waals surface area contributed by atoms with E-state index in [1.165, 1.54) is 0 Å². The van der Waals surface area contributed by atoms with Gasteiger partial charge in [-0.25, -0.2) is 9.97 Å². The molecule has 0 unspecified atom stereocenters. The lowest BCUT2D eigenvalue weighted by atomic mass is 10.1. The molecule has 2 N–H and O–H groups in total. The number of anilines is 2. The Kier molecular flexibility index (Phi) is 4.95. The molecule has 0 bridgehead atoms. The number of hydrogen-bond acceptors (Lipinski definition) is 7. The third-order valence-electron chi connectivity index (χ3n) is 3.32. The Balaban J connectivity index is 1.38. The normalized spacial score (nSPS) is 13.0. The van der Waals surface area contributed by atoms with Crippen molar-refractivity contribution >= 4 is 29.8 Å². The summed E-state index contributed by atoms with van der Waals surface area (Å²) in [5, 5.41) is 6.41. The summed E-state index contributed by atoms with van der Waals surface area (Å²) >= 11 is 1.63. The molecule has 6 nitrogen and oxygen atoms in total. The monoisotopic (exact) mass is 317 g/mol. The molecule has 0 aliphatic heterocycles. The van der Waals surface area contributed by atoms with Crippen molar-refractivity contribution in [2.75, 3.05) is 30.0 Å². The quantitative estimate of drug-likeness (QED) is 0.600. The number of rotatable bonds is 7. The molecule has 2 aromatic heterocycles. The minimum Gasteiger partial charge on any atom is -0.428 e. The van der Waals surface area contributed by atoms with Crippen molar-refractivity contribution in [3.8, 4) is 0 Å². The van der Waals surface area contributed by atoms with Gasteiger partial charge in [0.2, 0.25) is 5.95 Å². The van der Waals surface area contributed by atoms with E-state index >= 15 is 0 Å². The van der Waals surface area contributed by atoms with Crippen molar-refractivity contribution < 1.29 is 4.42 Å². The van der Waals surface area contributed by atoms with Crippen molar-refractivity contribution in [3.05, 3.63) is 29.9 Å². The van der Waals surface area contributed by atoms with E-state index in [0.29, 0.717) is 12.0 Å². The first-order valence-corrected chi connectivity index (χ1v) is 8.57. The number of oxazole rings is 1. The Morgan fingerprint density at radius 1 is 1.23 bits per heavy atom. The zero-order chi connectivity index (χ0) is 15.2. The highest BCUT2D eigenvalue weighted by Gasteiger charge is 2.12. The summed E-state index contributed by atoms with van der Waals surface area (Å²) in [4.78, 5) is 14.0. The number of nitrogens with one attached hydrogen (secondary N) is 2. The van der Waals surface area contributed by atoms with Crippen molar-refractivity contribution in [2.45, 2.75) is 24.2 Å². The molecule has 1 aliphatic rings. The van der Waals surface area contributed by atoms with Crippen LogP contribution in [-0.2, 0) is 6.42 Å². The molecule has 7 heteroatoms. The highest BCUT2D eigenvalue weighted by Crippen LogP contribution is 2.22. The number of nitrogens with zero attached hydrogens (tertiary/aromatic N) is 3. The fourth-order valence-corrected chi connectivity index (χ4v) is 2.47. The molecule has 0 saturated heterocycles. The predicted octanol–water partition coefficient (Wildman–Crippen LogP) is 3.06. The number of aromatic nitrogens is 3. The van der Waals surface area contributed by atoms with E-state index in [0.717, 1.165) is 48.7 Å². The smallest absolute Gasteiger partial charge is 0.295 e. The van der Waals surface area contributed by atoms with E-state index in [1.54, 1.807) is 11.8 Å². The summed E-state index contributed by atoms with van der Waals surface area (Å²) in [6.07, 6.45) is 12.7. The Morgan fingerprint density at radius 3 is 2.82 bits per heavy atom. The summed E-state index contributed by atoms with van der Waals surface area (Å²) in [7, 11) is 0. The minimum atomic E-state index is 0.608. The summed E-state index contributed by atoms with van der Waals surface area (Å²) in [6.45, 7) is 1.59. The summed E-state index contributed by atoms with van der Waals surface area (Å²) < 4.78 is 5.68. The maximum absolute atomic E-state index is 5.68. The lowest BCUT2D eigenvalue weighted by Crippen LogP contribution is -2.10. The van der Waals surface area contributed by atoms with Gasteiger partial charge in [0.25, 0.3) is 6.01 Å². The zero-order valence-electron chi connectivity index (χ0n) is 12.5. The first kappa shape index (κ1) is 14.9. The average molecular weight is 317 g/mol. The molecule has 2 heterocycles. The van der Waals surface area contributed by atoms with Crippen LogP contribution in [0, 0.1) is 0 Å². The molecule has 0 spiro atoms. The molecule has 22 heavy (non-hydrogen) atoms. The van der Waals surface area contributed by atoms with Crippen molar-refractivity contribution in [2.24, 2.45) is 0 Å². The van der Waals surface area contributed by atoms with Crippen molar-refractivity contribution in [1.82, 2.24) is 15.0 Å². The van der Waals surface area contributed by atoms with Crippen LogP contribution in [-0.4, -0.2) is 34.3 Å². The first-order chi connectivity index (χ1) is 10.8. The van der Waals surface area contributed by atoms with E-state index in [1.807, 2.05) is 24.7 Å².